The molecular formula is C25H39N3OS. The van der Waals surface area contributed by atoms with E-state index in [4.69, 9.17) is 4.99 Å². The van der Waals surface area contributed by atoms with Gasteiger partial charge in [-0.3, -0.25) is 9.79 Å². The first-order valence-electron chi connectivity index (χ1n) is 12.6. The molecule has 0 saturated heterocycles. The second-order valence-electron chi connectivity index (χ2n) is 10.8. The summed E-state index contributed by atoms with van der Waals surface area (Å²) in [6, 6.07) is 0.384. The first-order valence-corrected chi connectivity index (χ1v) is 13.5. The van der Waals surface area contributed by atoms with Crippen LogP contribution in [0.15, 0.2) is 10.4 Å². The third-order valence-corrected chi connectivity index (χ3v) is 9.14. The smallest absolute Gasteiger partial charge is 0.226 e. The molecule has 0 unspecified atom stereocenters. The van der Waals surface area contributed by atoms with Crippen LogP contribution in [-0.2, 0) is 17.8 Å². The maximum atomic E-state index is 12.8. The van der Waals surface area contributed by atoms with E-state index in [9.17, 15) is 4.79 Å². The van der Waals surface area contributed by atoms with Crippen molar-refractivity contribution >= 4 is 17.2 Å². The van der Waals surface area contributed by atoms with E-state index in [1.165, 1.54) is 69.0 Å². The summed E-state index contributed by atoms with van der Waals surface area (Å²) in [5.41, 5.74) is 1.37. The van der Waals surface area contributed by atoms with Crippen molar-refractivity contribution in [1.82, 2.24) is 9.88 Å². The lowest BCUT2D eigenvalue weighted by molar-refractivity contribution is -0.121. The molecule has 0 spiro atoms. The van der Waals surface area contributed by atoms with Crippen LogP contribution in [0.3, 0.4) is 0 Å². The van der Waals surface area contributed by atoms with E-state index in [1.54, 1.807) is 11.3 Å². The Balaban J connectivity index is 1.33. The zero-order valence-electron chi connectivity index (χ0n) is 18.7. The van der Waals surface area contributed by atoms with Crippen molar-refractivity contribution < 1.29 is 4.79 Å². The predicted octanol–water partition coefficient (Wildman–Crippen LogP) is 5.21. The summed E-state index contributed by atoms with van der Waals surface area (Å²) in [6.45, 7) is 3.20. The number of hydrogen-bond acceptors (Lipinski definition) is 3. The lowest BCUT2D eigenvalue weighted by Gasteiger charge is -2.54. The highest BCUT2D eigenvalue weighted by Crippen LogP contribution is 2.57. The molecule has 1 aromatic rings. The van der Waals surface area contributed by atoms with Crippen molar-refractivity contribution in [2.75, 3.05) is 0 Å². The van der Waals surface area contributed by atoms with Gasteiger partial charge in [-0.1, -0.05) is 32.6 Å². The fraction of sp³-hybridized carbons (Fsp3) is 0.840. The molecule has 1 amide bonds. The highest BCUT2D eigenvalue weighted by molar-refractivity contribution is 7.07. The van der Waals surface area contributed by atoms with E-state index in [1.807, 2.05) is 0 Å². The number of amides is 1. The predicted molar refractivity (Wildman–Crippen MR) is 122 cm³/mol. The molecule has 0 radical (unpaired) electrons. The van der Waals surface area contributed by atoms with Crippen LogP contribution in [0.5, 0.6) is 0 Å². The molecule has 0 atom stereocenters. The van der Waals surface area contributed by atoms with Crippen molar-refractivity contribution in [3.63, 3.8) is 0 Å². The topological polar surface area (TPSA) is 46.4 Å². The van der Waals surface area contributed by atoms with Crippen molar-refractivity contribution in [2.24, 2.45) is 22.7 Å². The molecule has 166 valence electrons. The number of aromatic nitrogens is 1. The molecule has 5 aliphatic carbocycles. The summed E-state index contributed by atoms with van der Waals surface area (Å²) in [7, 11) is 0. The number of rotatable bonds is 6. The van der Waals surface area contributed by atoms with Crippen molar-refractivity contribution in [1.29, 1.82) is 0 Å². The SMILES string of the molecule is CCCn1c(CC(=O)NC2CCCCCC2)csc1=NC12CC3CC(CC(C3)C1)C2. The fourth-order valence-corrected chi connectivity index (χ4v) is 8.36. The Hall–Kier alpha value is -1.10. The monoisotopic (exact) mass is 429 g/mol. The van der Waals surface area contributed by atoms with E-state index in [0.717, 1.165) is 49.3 Å². The molecule has 5 saturated carbocycles. The van der Waals surface area contributed by atoms with Gasteiger partial charge in [0.2, 0.25) is 5.91 Å². The van der Waals surface area contributed by atoms with Gasteiger partial charge in [0.1, 0.15) is 0 Å². The molecule has 5 heteroatoms. The van der Waals surface area contributed by atoms with Gasteiger partial charge in [-0.2, -0.15) is 0 Å². The van der Waals surface area contributed by atoms with E-state index < -0.39 is 0 Å². The van der Waals surface area contributed by atoms with Crippen LogP contribution in [0.25, 0.3) is 0 Å². The van der Waals surface area contributed by atoms with Crippen LogP contribution in [0.1, 0.15) is 96.1 Å². The molecular weight excluding hydrogens is 390 g/mol. The van der Waals surface area contributed by atoms with Crippen LogP contribution < -0.4 is 10.1 Å². The maximum absolute atomic E-state index is 12.8. The number of hydrogen-bond donors (Lipinski definition) is 1. The van der Waals surface area contributed by atoms with E-state index in [2.05, 4.69) is 22.2 Å². The molecule has 30 heavy (non-hydrogen) atoms. The lowest BCUT2D eigenvalue weighted by atomic mass is 9.53. The van der Waals surface area contributed by atoms with Gasteiger partial charge in [0.25, 0.3) is 0 Å². The fourth-order valence-electron chi connectivity index (χ4n) is 7.33. The first kappa shape index (κ1) is 20.8. The zero-order valence-corrected chi connectivity index (χ0v) is 19.5. The van der Waals surface area contributed by atoms with E-state index >= 15 is 0 Å². The van der Waals surface area contributed by atoms with Gasteiger partial charge >= 0.3 is 0 Å². The quantitative estimate of drug-likeness (QED) is 0.620. The maximum Gasteiger partial charge on any atom is 0.226 e. The average molecular weight is 430 g/mol. The lowest BCUT2D eigenvalue weighted by Crippen LogP contribution is -2.50. The summed E-state index contributed by atoms with van der Waals surface area (Å²) in [4.78, 5) is 19.5. The van der Waals surface area contributed by atoms with Crippen LogP contribution in [0, 0.1) is 17.8 Å². The van der Waals surface area contributed by atoms with Gasteiger partial charge in [-0.15, -0.1) is 11.3 Å². The highest BCUT2D eigenvalue weighted by atomic mass is 32.1. The van der Waals surface area contributed by atoms with E-state index in [-0.39, 0.29) is 11.4 Å². The molecule has 1 N–H and O–H groups in total. The molecule has 0 aliphatic heterocycles. The Morgan fingerprint density at radius 1 is 1.10 bits per heavy atom. The minimum atomic E-state index is 0.200. The summed E-state index contributed by atoms with van der Waals surface area (Å²) in [6.07, 6.45) is 17.3. The van der Waals surface area contributed by atoms with Gasteiger partial charge in [0, 0.05) is 23.7 Å². The molecule has 6 rings (SSSR count). The number of nitrogens with one attached hydrogen (secondary N) is 1. The van der Waals surface area contributed by atoms with Crippen LogP contribution >= 0.6 is 11.3 Å². The van der Waals surface area contributed by atoms with Gasteiger partial charge < -0.3 is 9.88 Å². The van der Waals surface area contributed by atoms with Crippen molar-refractivity contribution in [3.8, 4) is 0 Å². The van der Waals surface area contributed by atoms with Gasteiger partial charge in [0.15, 0.2) is 4.80 Å². The van der Waals surface area contributed by atoms with Gasteiger partial charge in [-0.25, -0.2) is 0 Å². The number of nitrogens with zero attached hydrogens (tertiary/aromatic N) is 2. The number of carbonyl (C=O) groups excluding carboxylic acids is 1. The zero-order chi connectivity index (χ0) is 20.6. The molecule has 5 aliphatic rings. The summed E-state index contributed by atoms with van der Waals surface area (Å²) >= 11 is 1.77. The molecule has 4 nitrogen and oxygen atoms in total. The first-order chi connectivity index (χ1) is 14.6. The third-order valence-electron chi connectivity index (χ3n) is 8.23. The molecule has 0 aromatic carbocycles. The summed E-state index contributed by atoms with van der Waals surface area (Å²) in [5, 5.41) is 5.54. The Morgan fingerprint density at radius 2 is 1.73 bits per heavy atom. The average Bonchev–Trinajstić information content (AvgIpc) is 2.88. The number of thiazole rings is 1. The van der Waals surface area contributed by atoms with Gasteiger partial charge in [0.05, 0.1) is 12.0 Å². The van der Waals surface area contributed by atoms with E-state index in [0.29, 0.717) is 12.5 Å². The Kier molecular flexibility index (Phi) is 6.10. The van der Waals surface area contributed by atoms with Crippen LogP contribution in [0.4, 0.5) is 0 Å². The van der Waals surface area contributed by atoms with Crippen LogP contribution in [-0.4, -0.2) is 22.1 Å². The third kappa shape index (κ3) is 4.42. The summed E-state index contributed by atoms with van der Waals surface area (Å²) < 4.78 is 2.37. The van der Waals surface area contributed by atoms with Crippen molar-refractivity contribution in [3.05, 3.63) is 15.9 Å². The van der Waals surface area contributed by atoms with Crippen molar-refractivity contribution in [2.45, 2.75) is 115 Å². The minimum Gasteiger partial charge on any atom is -0.353 e. The largest absolute Gasteiger partial charge is 0.353 e. The number of carbonyl (C=O) groups is 1. The second kappa shape index (κ2) is 8.80. The molecule has 1 aromatic heterocycles. The Labute approximate surface area is 185 Å². The van der Waals surface area contributed by atoms with Gasteiger partial charge in [-0.05, 0) is 75.5 Å². The minimum absolute atomic E-state index is 0.200. The Morgan fingerprint density at radius 3 is 2.33 bits per heavy atom. The summed E-state index contributed by atoms with van der Waals surface area (Å²) in [5.74, 6) is 2.96. The molecule has 4 bridgehead atoms. The standard InChI is InChI=1S/C25H39N3OS/c1-2-9-28-22(13-23(29)26-21-7-5-3-4-6-8-21)17-30-24(28)27-25-14-18-10-19(15-25)12-20(11-18)16-25/h17-21H,2-16H2,1H3,(H,26,29). The second-order valence-corrected chi connectivity index (χ2v) is 11.7. The molecule has 1 heterocycles. The Bertz CT molecular complexity index is 779. The highest BCUT2D eigenvalue weighted by Gasteiger charge is 2.51. The molecule has 5 fully saturated rings. The van der Waals surface area contributed by atoms with Crippen LogP contribution in [0.2, 0.25) is 0 Å². The normalized spacial score (nSPS) is 34.3.